The Kier molecular flexibility index (Phi) is 5.12. The highest BCUT2D eigenvalue weighted by molar-refractivity contribution is 7.99. The van der Waals surface area contributed by atoms with Gasteiger partial charge in [0.1, 0.15) is 0 Å². The van der Waals surface area contributed by atoms with Gasteiger partial charge in [-0.15, -0.1) is 0 Å². The smallest absolute Gasteiger partial charge is 0.211 e. The summed E-state index contributed by atoms with van der Waals surface area (Å²) in [6, 6.07) is 3.97. The van der Waals surface area contributed by atoms with Crippen LogP contribution in [0.3, 0.4) is 0 Å². The van der Waals surface area contributed by atoms with Crippen molar-refractivity contribution in [3.05, 3.63) is 48.8 Å². The van der Waals surface area contributed by atoms with Crippen molar-refractivity contribution in [3.8, 4) is 0 Å². The molecule has 2 fully saturated rings. The normalized spacial score (nSPS) is 21.2. The molecule has 7 nitrogen and oxygen atoms in total. The second kappa shape index (κ2) is 7.92. The molecule has 1 spiro atoms. The van der Waals surface area contributed by atoms with E-state index in [2.05, 4.69) is 26.2 Å². The maximum Gasteiger partial charge on any atom is 0.211 e. The van der Waals surface area contributed by atoms with Gasteiger partial charge in [-0.25, -0.2) is 9.97 Å². The number of imidazole rings is 1. The van der Waals surface area contributed by atoms with E-state index in [9.17, 15) is 0 Å². The van der Waals surface area contributed by atoms with Gasteiger partial charge in [0.05, 0.1) is 23.3 Å². The molecule has 0 unspecified atom stereocenters. The fraction of sp³-hybridized carbons (Fsp3) is 0.409. The van der Waals surface area contributed by atoms with Crippen LogP contribution in [0.25, 0.3) is 11.7 Å². The van der Waals surface area contributed by atoms with Crippen molar-refractivity contribution in [3.63, 3.8) is 0 Å². The van der Waals surface area contributed by atoms with E-state index in [1.54, 1.807) is 18.0 Å². The van der Waals surface area contributed by atoms with Crippen LogP contribution < -0.4 is 10.6 Å². The predicted molar refractivity (Wildman–Crippen MR) is 118 cm³/mol. The van der Waals surface area contributed by atoms with E-state index >= 15 is 0 Å². The van der Waals surface area contributed by atoms with E-state index in [1.807, 2.05) is 36.8 Å². The van der Waals surface area contributed by atoms with E-state index in [0.717, 1.165) is 59.6 Å². The minimum Gasteiger partial charge on any atom is -0.405 e. The molecule has 0 radical (unpaired) electrons. The summed E-state index contributed by atoms with van der Waals surface area (Å²) in [6.45, 7) is 5.08. The molecule has 2 aliphatic rings. The first-order valence-electron chi connectivity index (χ1n) is 10.4. The van der Waals surface area contributed by atoms with Crippen molar-refractivity contribution in [2.75, 3.05) is 24.6 Å². The topological polar surface area (TPSA) is 81.6 Å². The summed E-state index contributed by atoms with van der Waals surface area (Å²) in [5.41, 5.74) is 7.68. The first-order valence-corrected chi connectivity index (χ1v) is 11.2. The summed E-state index contributed by atoms with van der Waals surface area (Å²) in [4.78, 5) is 18.3. The Labute approximate surface area is 180 Å². The second-order valence-corrected chi connectivity index (χ2v) is 9.29. The highest BCUT2D eigenvalue weighted by Crippen LogP contribution is 2.42. The van der Waals surface area contributed by atoms with Crippen molar-refractivity contribution in [1.29, 1.82) is 0 Å². The van der Waals surface area contributed by atoms with Crippen LogP contribution in [0.5, 0.6) is 0 Å². The van der Waals surface area contributed by atoms with Crippen molar-refractivity contribution in [2.45, 2.75) is 42.1 Å². The van der Waals surface area contributed by atoms with Crippen LogP contribution in [0.15, 0.2) is 52.9 Å². The molecule has 0 aromatic carbocycles. The molecule has 8 heteroatoms. The van der Waals surface area contributed by atoms with Crippen molar-refractivity contribution < 1.29 is 4.74 Å². The quantitative estimate of drug-likeness (QED) is 0.688. The SMILES string of the molecule is C[C@H]1CC2(CCN(c3ncc(Sc4cccnc4C=CN)c4nccn34)CC2)CO1. The van der Waals surface area contributed by atoms with Crippen LogP contribution >= 0.6 is 11.8 Å². The standard InChI is InChI=1S/C22H26N6OS/c1-16-13-22(15-29-16)5-10-27(11-6-22)21-26-14-19(20-25-9-12-28(20)21)30-18-3-2-8-24-17(18)4-7-23/h2-4,7-9,12,14,16H,5-6,10-11,13,15,23H2,1H3/t16-/m0/s1. The molecule has 5 heterocycles. The lowest BCUT2D eigenvalue weighted by atomic mass is 9.77. The first-order chi connectivity index (χ1) is 14.7. The average molecular weight is 423 g/mol. The number of nitrogens with zero attached hydrogens (tertiary/aromatic N) is 5. The number of anilines is 1. The molecule has 1 atom stereocenters. The maximum absolute atomic E-state index is 5.87. The zero-order chi connectivity index (χ0) is 20.6. The molecule has 0 aliphatic carbocycles. The van der Waals surface area contributed by atoms with Crippen LogP contribution in [0.4, 0.5) is 5.95 Å². The van der Waals surface area contributed by atoms with E-state index in [-0.39, 0.29) is 0 Å². The summed E-state index contributed by atoms with van der Waals surface area (Å²) in [5, 5.41) is 0. The van der Waals surface area contributed by atoms with Crippen molar-refractivity contribution in [2.24, 2.45) is 11.1 Å². The van der Waals surface area contributed by atoms with Crippen LogP contribution in [0.2, 0.25) is 0 Å². The third kappa shape index (κ3) is 3.54. The van der Waals surface area contributed by atoms with E-state index in [1.165, 1.54) is 12.6 Å². The number of hydrogen-bond acceptors (Lipinski definition) is 7. The van der Waals surface area contributed by atoms with Gasteiger partial charge in [0, 0.05) is 42.8 Å². The average Bonchev–Trinajstić information content (AvgIpc) is 3.38. The van der Waals surface area contributed by atoms with Crippen LogP contribution in [0.1, 0.15) is 31.9 Å². The van der Waals surface area contributed by atoms with E-state index in [0.29, 0.717) is 11.5 Å². The number of nitrogens with two attached hydrogens (primary N) is 1. The van der Waals surface area contributed by atoms with Gasteiger partial charge in [0.25, 0.3) is 0 Å². The molecule has 2 aliphatic heterocycles. The van der Waals surface area contributed by atoms with Gasteiger partial charge in [-0.2, -0.15) is 0 Å². The van der Waals surface area contributed by atoms with E-state index < -0.39 is 0 Å². The largest absolute Gasteiger partial charge is 0.405 e. The Morgan fingerprint density at radius 1 is 1.20 bits per heavy atom. The molecule has 3 aromatic rings. The van der Waals surface area contributed by atoms with Crippen LogP contribution in [-0.2, 0) is 4.74 Å². The molecular formula is C22H26N6OS. The van der Waals surface area contributed by atoms with Crippen molar-refractivity contribution in [1.82, 2.24) is 19.4 Å². The monoisotopic (exact) mass is 422 g/mol. The van der Waals surface area contributed by atoms with Gasteiger partial charge in [-0.1, -0.05) is 11.8 Å². The summed E-state index contributed by atoms with van der Waals surface area (Å²) in [6.07, 6.45) is 14.7. The molecule has 0 saturated carbocycles. The number of piperidine rings is 1. The predicted octanol–water partition coefficient (Wildman–Crippen LogP) is 3.60. The van der Waals surface area contributed by atoms with Crippen LogP contribution in [0, 0.1) is 5.41 Å². The lowest BCUT2D eigenvalue weighted by Gasteiger charge is -2.39. The molecule has 3 aromatic heterocycles. The van der Waals surface area contributed by atoms with Gasteiger partial charge >= 0.3 is 0 Å². The van der Waals surface area contributed by atoms with Gasteiger partial charge in [-0.05, 0) is 56.0 Å². The molecule has 2 N–H and O–H groups in total. The van der Waals surface area contributed by atoms with Crippen molar-refractivity contribution >= 4 is 29.4 Å². The number of hydrogen-bond donors (Lipinski definition) is 1. The molecule has 30 heavy (non-hydrogen) atoms. The molecular weight excluding hydrogens is 396 g/mol. The minimum atomic E-state index is 0.354. The third-order valence-corrected chi connectivity index (χ3v) is 7.22. The lowest BCUT2D eigenvalue weighted by Crippen LogP contribution is -2.41. The highest BCUT2D eigenvalue weighted by Gasteiger charge is 2.41. The molecule has 5 rings (SSSR count). The Balaban J connectivity index is 1.40. The molecule has 156 valence electrons. The fourth-order valence-electron chi connectivity index (χ4n) is 4.59. The zero-order valence-electron chi connectivity index (χ0n) is 17.1. The van der Waals surface area contributed by atoms with Crippen LogP contribution in [-0.4, -0.2) is 45.2 Å². The highest BCUT2D eigenvalue weighted by atomic mass is 32.2. The lowest BCUT2D eigenvalue weighted by molar-refractivity contribution is 0.0975. The summed E-state index contributed by atoms with van der Waals surface area (Å²) < 4.78 is 7.97. The fourth-order valence-corrected chi connectivity index (χ4v) is 5.55. The molecule has 2 saturated heterocycles. The van der Waals surface area contributed by atoms with Gasteiger partial charge in [-0.3, -0.25) is 9.38 Å². The summed E-state index contributed by atoms with van der Waals surface area (Å²) in [5.74, 6) is 0.960. The Morgan fingerprint density at radius 2 is 2.07 bits per heavy atom. The second-order valence-electron chi connectivity index (χ2n) is 8.20. The zero-order valence-corrected chi connectivity index (χ0v) is 17.9. The Morgan fingerprint density at radius 3 is 2.83 bits per heavy atom. The third-order valence-electron chi connectivity index (χ3n) is 6.15. The Hall–Kier alpha value is -2.58. The van der Waals surface area contributed by atoms with E-state index in [4.69, 9.17) is 15.5 Å². The van der Waals surface area contributed by atoms with Gasteiger partial charge in [0.2, 0.25) is 5.95 Å². The number of ether oxygens (including phenoxy) is 1. The summed E-state index contributed by atoms with van der Waals surface area (Å²) in [7, 11) is 0. The molecule has 0 amide bonds. The number of rotatable bonds is 4. The minimum absolute atomic E-state index is 0.354. The number of aromatic nitrogens is 4. The number of fused-ring (bicyclic) bond motifs is 1. The number of pyridine rings is 1. The summed E-state index contributed by atoms with van der Waals surface area (Å²) >= 11 is 1.61. The maximum atomic E-state index is 5.87. The van der Waals surface area contributed by atoms with Gasteiger partial charge < -0.3 is 15.4 Å². The Bertz CT molecular complexity index is 1070. The molecule has 0 bridgehead atoms. The van der Waals surface area contributed by atoms with Gasteiger partial charge in [0.15, 0.2) is 5.65 Å². The first kappa shape index (κ1) is 19.4.